The highest BCUT2D eigenvalue weighted by Gasteiger charge is 2.12. The molecule has 2 amide bonds. The minimum Gasteiger partial charge on any atom is -0.395 e. The Morgan fingerprint density at radius 3 is 2.95 bits per heavy atom. The van der Waals surface area contributed by atoms with E-state index in [4.69, 9.17) is 5.11 Å². The molecule has 0 unspecified atom stereocenters. The Balaban J connectivity index is 2.49. The maximum Gasteiger partial charge on any atom is 0.318 e. The fourth-order valence-corrected chi connectivity index (χ4v) is 2.38. The number of thiazole rings is 1. The molecule has 19 heavy (non-hydrogen) atoms. The minimum atomic E-state index is -0.213. The van der Waals surface area contributed by atoms with Gasteiger partial charge in [-0.2, -0.15) is 0 Å². The van der Waals surface area contributed by atoms with Crippen LogP contribution >= 0.6 is 11.3 Å². The van der Waals surface area contributed by atoms with Gasteiger partial charge in [0.1, 0.15) is 5.01 Å². The summed E-state index contributed by atoms with van der Waals surface area (Å²) in [6.45, 7) is 8.84. The predicted octanol–water partition coefficient (Wildman–Crippen LogP) is 1.96. The predicted molar refractivity (Wildman–Crippen MR) is 77.3 cm³/mol. The van der Waals surface area contributed by atoms with Gasteiger partial charge in [-0.25, -0.2) is 9.78 Å². The number of aliphatic hydroxyl groups is 1. The topological polar surface area (TPSA) is 65.5 Å². The lowest BCUT2D eigenvalue weighted by Crippen LogP contribution is -2.41. The second-order valence-corrected chi connectivity index (χ2v) is 5.38. The van der Waals surface area contributed by atoms with Gasteiger partial charge < -0.3 is 15.3 Å². The van der Waals surface area contributed by atoms with Crippen molar-refractivity contribution in [2.75, 3.05) is 19.7 Å². The molecule has 0 spiro atoms. The number of amides is 2. The van der Waals surface area contributed by atoms with Crippen molar-refractivity contribution in [3.63, 3.8) is 0 Å². The van der Waals surface area contributed by atoms with E-state index in [1.807, 2.05) is 5.38 Å². The van der Waals surface area contributed by atoms with Crippen LogP contribution in [0.25, 0.3) is 0 Å². The van der Waals surface area contributed by atoms with Gasteiger partial charge in [0.25, 0.3) is 0 Å². The first-order valence-corrected chi connectivity index (χ1v) is 7.15. The molecule has 0 atom stereocenters. The molecule has 0 aromatic carbocycles. The fraction of sp³-hybridized carbons (Fsp3) is 0.538. The van der Waals surface area contributed by atoms with Gasteiger partial charge in [-0.15, -0.1) is 17.9 Å². The third kappa shape index (κ3) is 5.00. The molecule has 1 heterocycles. The molecule has 106 valence electrons. The van der Waals surface area contributed by atoms with Crippen LogP contribution < -0.4 is 5.32 Å². The first-order chi connectivity index (χ1) is 9.08. The molecule has 0 fully saturated rings. The molecule has 0 aliphatic carbocycles. The smallest absolute Gasteiger partial charge is 0.318 e. The van der Waals surface area contributed by atoms with Gasteiger partial charge in [0.05, 0.1) is 18.8 Å². The highest BCUT2D eigenvalue weighted by molar-refractivity contribution is 7.09. The monoisotopic (exact) mass is 283 g/mol. The summed E-state index contributed by atoms with van der Waals surface area (Å²) in [6, 6.07) is -0.213. The van der Waals surface area contributed by atoms with Gasteiger partial charge >= 0.3 is 6.03 Å². The quantitative estimate of drug-likeness (QED) is 0.752. The number of carbonyl (C=O) groups excluding carboxylic acids is 1. The van der Waals surface area contributed by atoms with Crippen LogP contribution in [0.1, 0.15) is 30.5 Å². The van der Waals surface area contributed by atoms with Crippen LogP contribution in [0, 0.1) is 0 Å². The Morgan fingerprint density at radius 2 is 2.42 bits per heavy atom. The number of hydrogen-bond donors (Lipinski definition) is 2. The number of nitrogens with one attached hydrogen (secondary N) is 1. The zero-order valence-electron chi connectivity index (χ0n) is 11.4. The number of hydrogen-bond acceptors (Lipinski definition) is 4. The second-order valence-electron chi connectivity index (χ2n) is 4.44. The summed E-state index contributed by atoms with van der Waals surface area (Å²) in [7, 11) is 0. The average molecular weight is 283 g/mol. The largest absolute Gasteiger partial charge is 0.395 e. The SMILES string of the molecule is C=CCN(CCO)C(=O)NCc1nc(C(C)C)cs1. The normalized spacial score (nSPS) is 10.5. The molecule has 0 radical (unpaired) electrons. The van der Waals surface area contributed by atoms with Crippen molar-refractivity contribution in [1.29, 1.82) is 0 Å². The van der Waals surface area contributed by atoms with Crippen molar-refractivity contribution in [3.05, 3.63) is 28.7 Å². The van der Waals surface area contributed by atoms with Crippen LogP contribution in [0.2, 0.25) is 0 Å². The first-order valence-electron chi connectivity index (χ1n) is 6.27. The molecule has 1 aromatic rings. The average Bonchev–Trinajstić information content (AvgIpc) is 2.84. The number of aliphatic hydroxyl groups excluding tert-OH is 1. The van der Waals surface area contributed by atoms with E-state index in [9.17, 15) is 4.79 Å². The minimum absolute atomic E-state index is 0.0595. The van der Waals surface area contributed by atoms with Crippen LogP contribution in [-0.4, -0.2) is 40.7 Å². The summed E-state index contributed by atoms with van der Waals surface area (Å²) in [4.78, 5) is 17.8. The molecule has 0 saturated carbocycles. The van der Waals surface area contributed by atoms with Gasteiger partial charge in [-0.05, 0) is 5.92 Å². The van der Waals surface area contributed by atoms with Gasteiger partial charge in [0.15, 0.2) is 0 Å². The molecule has 1 rings (SSSR count). The molecule has 5 nitrogen and oxygen atoms in total. The number of urea groups is 1. The van der Waals surface area contributed by atoms with Gasteiger partial charge in [0.2, 0.25) is 0 Å². The van der Waals surface area contributed by atoms with Crippen LogP contribution in [0.15, 0.2) is 18.0 Å². The lowest BCUT2D eigenvalue weighted by Gasteiger charge is -2.20. The lowest BCUT2D eigenvalue weighted by molar-refractivity contribution is 0.183. The summed E-state index contributed by atoms with van der Waals surface area (Å²) in [6.07, 6.45) is 1.63. The van der Waals surface area contributed by atoms with E-state index in [2.05, 4.69) is 30.7 Å². The fourth-order valence-electron chi connectivity index (χ4n) is 1.49. The van der Waals surface area contributed by atoms with Crippen LogP contribution in [0.3, 0.4) is 0 Å². The summed E-state index contributed by atoms with van der Waals surface area (Å²) in [5.74, 6) is 0.396. The van der Waals surface area contributed by atoms with E-state index in [0.717, 1.165) is 10.7 Å². The zero-order valence-corrected chi connectivity index (χ0v) is 12.2. The van der Waals surface area contributed by atoms with Crippen LogP contribution in [-0.2, 0) is 6.54 Å². The summed E-state index contributed by atoms with van der Waals surface area (Å²) < 4.78 is 0. The van der Waals surface area contributed by atoms with E-state index < -0.39 is 0 Å². The number of nitrogens with zero attached hydrogens (tertiary/aromatic N) is 2. The highest BCUT2D eigenvalue weighted by atomic mass is 32.1. The zero-order chi connectivity index (χ0) is 14.3. The second kappa shape index (κ2) is 7.91. The molecule has 6 heteroatoms. The van der Waals surface area contributed by atoms with Crippen molar-refractivity contribution in [2.45, 2.75) is 26.3 Å². The number of carbonyl (C=O) groups is 1. The molecule has 0 aliphatic heterocycles. The van der Waals surface area contributed by atoms with E-state index in [1.165, 1.54) is 4.90 Å². The van der Waals surface area contributed by atoms with Gasteiger partial charge in [-0.1, -0.05) is 19.9 Å². The summed E-state index contributed by atoms with van der Waals surface area (Å²) in [5.41, 5.74) is 1.05. The Hall–Kier alpha value is -1.40. The maximum absolute atomic E-state index is 11.9. The molecular formula is C13H21N3O2S. The number of aromatic nitrogens is 1. The number of rotatable bonds is 7. The van der Waals surface area contributed by atoms with Crippen molar-refractivity contribution in [2.24, 2.45) is 0 Å². The van der Waals surface area contributed by atoms with E-state index >= 15 is 0 Å². The van der Waals surface area contributed by atoms with E-state index in [0.29, 0.717) is 25.6 Å². The maximum atomic E-state index is 11.9. The Labute approximate surface area is 118 Å². The Bertz CT molecular complexity index is 418. The van der Waals surface area contributed by atoms with Crippen LogP contribution in [0.4, 0.5) is 4.79 Å². The summed E-state index contributed by atoms with van der Waals surface area (Å²) >= 11 is 1.54. The Kier molecular flexibility index (Phi) is 6.52. The van der Waals surface area contributed by atoms with Gasteiger partial charge in [-0.3, -0.25) is 0 Å². The van der Waals surface area contributed by atoms with Gasteiger partial charge in [0, 0.05) is 18.5 Å². The van der Waals surface area contributed by atoms with E-state index in [1.54, 1.807) is 17.4 Å². The third-order valence-electron chi connectivity index (χ3n) is 2.56. The van der Waals surface area contributed by atoms with Crippen molar-refractivity contribution in [1.82, 2.24) is 15.2 Å². The molecule has 0 saturated heterocycles. The first kappa shape index (κ1) is 15.7. The van der Waals surface area contributed by atoms with Crippen molar-refractivity contribution in [3.8, 4) is 0 Å². The molecule has 0 bridgehead atoms. The molecular weight excluding hydrogens is 262 g/mol. The lowest BCUT2D eigenvalue weighted by atomic mass is 10.2. The van der Waals surface area contributed by atoms with Crippen LogP contribution in [0.5, 0.6) is 0 Å². The summed E-state index contributed by atoms with van der Waals surface area (Å²) in [5, 5.41) is 14.6. The van der Waals surface area contributed by atoms with E-state index in [-0.39, 0.29) is 12.6 Å². The van der Waals surface area contributed by atoms with Crippen molar-refractivity contribution >= 4 is 17.4 Å². The highest BCUT2D eigenvalue weighted by Crippen LogP contribution is 2.17. The molecule has 2 N–H and O–H groups in total. The third-order valence-corrected chi connectivity index (χ3v) is 3.43. The Morgan fingerprint density at radius 1 is 1.68 bits per heavy atom. The molecule has 0 aliphatic rings. The molecule has 1 aromatic heterocycles. The van der Waals surface area contributed by atoms with Crippen molar-refractivity contribution < 1.29 is 9.90 Å². The standard InChI is InChI=1S/C13H21N3O2S/c1-4-5-16(6-7-17)13(18)14-8-12-15-11(9-19-12)10(2)3/h4,9-10,17H,1,5-8H2,2-3H3,(H,14,18).